The summed E-state index contributed by atoms with van der Waals surface area (Å²) in [5, 5.41) is 0.166. The Morgan fingerprint density at radius 1 is 1.50 bits per heavy atom. The van der Waals surface area contributed by atoms with Gasteiger partial charge >= 0.3 is 0 Å². The van der Waals surface area contributed by atoms with Crippen LogP contribution in [0.5, 0.6) is 0 Å². The second-order valence-corrected chi connectivity index (χ2v) is 4.69. The van der Waals surface area contributed by atoms with Crippen molar-refractivity contribution < 1.29 is 4.39 Å². The highest BCUT2D eigenvalue weighted by molar-refractivity contribution is 8.00. The molecule has 0 aliphatic heterocycles. The first-order valence-electron chi connectivity index (χ1n) is 4.16. The molecule has 3 N–H and O–H groups in total. The van der Waals surface area contributed by atoms with Crippen molar-refractivity contribution in [2.45, 2.75) is 16.3 Å². The van der Waals surface area contributed by atoms with E-state index < -0.39 is 5.82 Å². The summed E-state index contributed by atoms with van der Waals surface area (Å²) in [6.07, 6.45) is 1.05. The average molecular weight is 258 g/mol. The smallest absolute Gasteiger partial charge is 0.238 e. The van der Waals surface area contributed by atoms with Crippen LogP contribution >= 0.6 is 23.3 Å². The molecule has 2 rings (SSSR count). The minimum atomic E-state index is -0.517. The van der Waals surface area contributed by atoms with Crippen LogP contribution in [-0.2, 0) is 0 Å². The highest BCUT2D eigenvalue weighted by atomic mass is 32.2. The molecule has 0 aromatic carbocycles. The Labute approximate surface area is 98.7 Å². The molecule has 2 heterocycles. The largest absolute Gasteiger partial charge is 0.292 e. The van der Waals surface area contributed by atoms with Gasteiger partial charge in [-0.1, -0.05) is 0 Å². The first kappa shape index (κ1) is 11.2. The Morgan fingerprint density at radius 3 is 2.94 bits per heavy atom. The Bertz CT molecular complexity index is 501. The number of hydrogen-bond donors (Lipinski definition) is 2. The van der Waals surface area contributed by atoms with E-state index in [9.17, 15) is 4.39 Å². The lowest BCUT2D eigenvalue weighted by Gasteiger charge is -2.01. The molecule has 0 saturated carbocycles. The maximum absolute atomic E-state index is 13.3. The molecule has 0 atom stereocenters. The van der Waals surface area contributed by atoms with Gasteiger partial charge in [0.25, 0.3) is 0 Å². The van der Waals surface area contributed by atoms with E-state index >= 15 is 0 Å². The molecule has 0 bridgehead atoms. The normalized spacial score (nSPS) is 10.4. The Hall–Kier alpha value is -1.32. The van der Waals surface area contributed by atoms with Gasteiger partial charge in [0.2, 0.25) is 5.95 Å². The Kier molecular flexibility index (Phi) is 3.27. The topological polar surface area (TPSA) is 89.6 Å². The van der Waals surface area contributed by atoms with E-state index in [1.54, 1.807) is 6.92 Å². The second-order valence-electron chi connectivity index (χ2n) is 2.70. The number of nitrogens with one attached hydrogen (secondary N) is 1. The van der Waals surface area contributed by atoms with Crippen molar-refractivity contribution in [2.24, 2.45) is 5.84 Å². The molecule has 84 valence electrons. The second kappa shape index (κ2) is 4.68. The molecule has 0 radical (unpaired) electrons. The monoisotopic (exact) mass is 258 g/mol. The molecule has 0 spiro atoms. The van der Waals surface area contributed by atoms with Gasteiger partial charge in [-0.3, -0.25) is 5.43 Å². The van der Waals surface area contributed by atoms with E-state index in [2.05, 4.69) is 24.8 Å². The summed E-state index contributed by atoms with van der Waals surface area (Å²) in [7, 11) is 0. The fourth-order valence-electron chi connectivity index (χ4n) is 0.895. The maximum atomic E-state index is 13.3. The third-order valence-electron chi connectivity index (χ3n) is 1.53. The van der Waals surface area contributed by atoms with Gasteiger partial charge in [0, 0.05) is 0 Å². The summed E-state index contributed by atoms with van der Waals surface area (Å²) in [6, 6.07) is 0. The lowest BCUT2D eigenvalue weighted by atomic mass is 10.6. The van der Waals surface area contributed by atoms with Crippen LogP contribution in [0.25, 0.3) is 0 Å². The van der Waals surface area contributed by atoms with Crippen LogP contribution in [0.3, 0.4) is 0 Å². The van der Waals surface area contributed by atoms with Crippen LogP contribution in [0.15, 0.2) is 15.6 Å². The molecule has 0 fully saturated rings. The van der Waals surface area contributed by atoms with Crippen molar-refractivity contribution in [1.82, 2.24) is 19.3 Å². The van der Waals surface area contributed by atoms with Gasteiger partial charge in [-0.2, -0.15) is 4.37 Å². The van der Waals surface area contributed by atoms with Crippen molar-refractivity contribution in [3.63, 3.8) is 0 Å². The summed E-state index contributed by atoms with van der Waals surface area (Å²) in [6.45, 7) is 1.77. The van der Waals surface area contributed by atoms with Crippen LogP contribution in [-0.4, -0.2) is 19.3 Å². The first-order chi connectivity index (χ1) is 7.69. The number of anilines is 1. The number of nitrogens with zero attached hydrogens (tertiary/aromatic N) is 4. The molecule has 0 amide bonds. The van der Waals surface area contributed by atoms with E-state index in [-0.39, 0.29) is 11.0 Å². The molecule has 16 heavy (non-hydrogen) atoms. The van der Waals surface area contributed by atoms with Crippen LogP contribution in [0.4, 0.5) is 10.3 Å². The number of rotatable bonds is 3. The third kappa shape index (κ3) is 2.43. The number of hydrogen-bond acceptors (Lipinski definition) is 8. The number of aryl methyl sites for hydroxylation is 1. The van der Waals surface area contributed by atoms with E-state index in [1.807, 2.05) is 0 Å². The lowest BCUT2D eigenvalue weighted by Crippen LogP contribution is -2.11. The number of halogens is 1. The third-order valence-corrected chi connectivity index (χ3v) is 3.36. The van der Waals surface area contributed by atoms with E-state index in [4.69, 9.17) is 5.84 Å². The predicted molar refractivity (Wildman–Crippen MR) is 58.6 cm³/mol. The molecule has 0 saturated heterocycles. The lowest BCUT2D eigenvalue weighted by molar-refractivity contribution is 0.580. The molecule has 0 unspecified atom stereocenters. The molecular formula is C7H7FN6S2. The van der Waals surface area contributed by atoms with E-state index in [1.165, 1.54) is 11.5 Å². The van der Waals surface area contributed by atoms with Crippen LogP contribution < -0.4 is 11.3 Å². The zero-order valence-corrected chi connectivity index (χ0v) is 9.77. The maximum Gasteiger partial charge on any atom is 0.238 e. The average Bonchev–Trinajstić information content (AvgIpc) is 2.67. The predicted octanol–water partition coefficient (Wildman–Crippen LogP) is 1.21. The minimum absolute atomic E-state index is 0.158. The zero-order valence-electron chi connectivity index (χ0n) is 8.14. The van der Waals surface area contributed by atoms with Gasteiger partial charge in [0.1, 0.15) is 10.9 Å². The number of nitrogen functional groups attached to an aromatic ring is 1. The SMILES string of the molecule is Cc1nsc(Sc2nc(NN)ncc2F)n1. The molecule has 2 aromatic heterocycles. The van der Waals surface area contributed by atoms with Gasteiger partial charge in [-0.05, 0) is 30.2 Å². The van der Waals surface area contributed by atoms with Gasteiger partial charge in [0.05, 0.1) is 6.20 Å². The van der Waals surface area contributed by atoms with Gasteiger partial charge in [-0.25, -0.2) is 25.2 Å². The van der Waals surface area contributed by atoms with Crippen LogP contribution in [0.2, 0.25) is 0 Å². The van der Waals surface area contributed by atoms with Crippen molar-refractivity contribution in [3.8, 4) is 0 Å². The molecule has 2 aromatic rings. The minimum Gasteiger partial charge on any atom is -0.292 e. The standard InChI is InChI=1S/C7H7FN6S2/c1-3-11-7(16-14-3)15-5-4(8)2-10-6(12-5)13-9/h2H,9H2,1H3,(H,10,12,13). The van der Waals surface area contributed by atoms with Crippen molar-refractivity contribution in [3.05, 3.63) is 17.8 Å². The fourth-order valence-corrected chi connectivity index (χ4v) is 2.44. The van der Waals surface area contributed by atoms with Crippen molar-refractivity contribution >= 4 is 29.2 Å². The zero-order chi connectivity index (χ0) is 11.5. The highest BCUT2D eigenvalue weighted by Gasteiger charge is 2.11. The van der Waals surface area contributed by atoms with Gasteiger partial charge in [-0.15, -0.1) is 0 Å². The molecule has 0 aliphatic carbocycles. The number of hydrazine groups is 1. The molecule has 9 heteroatoms. The first-order valence-corrected chi connectivity index (χ1v) is 5.75. The van der Waals surface area contributed by atoms with Crippen molar-refractivity contribution in [2.75, 3.05) is 5.43 Å². The number of aromatic nitrogens is 4. The van der Waals surface area contributed by atoms with Crippen LogP contribution in [0.1, 0.15) is 5.82 Å². The van der Waals surface area contributed by atoms with Crippen molar-refractivity contribution in [1.29, 1.82) is 0 Å². The number of nitrogens with two attached hydrogens (primary N) is 1. The van der Waals surface area contributed by atoms with E-state index in [0.717, 1.165) is 18.0 Å². The summed E-state index contributed by atoms with van der Waals surface area (Å²) in [4.78, 5) is 11.6. The summed E-state index contributed by atoms with van der Waals surface area (Å²) in [5.41, 5.74) is 2.25. The molecule has 0 aliphatic rings. The molecular weight excluding hydrogens is 251 g/mol. The summed E-state index contributed by atoms with van der Waals surface area (Å²) < 4.78 is 18.0. The summed E-state index contributed by atoms with van der Waals surface area (Å²) >= 11 is 2.28. The van der Waals surface area contributed by atoms with Crippen LogP contribution in [0, 0.1) is 12.7 Å². The van der Waals surface area contributed by atoms with Gasteiger partial charge < -0.3 is 0 Å². The highest BCUT2D eigenvalue weighted by Crippen LogP contribution is 2.29. The van der Waals surface area contributed by atoms with E-state index in [0.29, 0.717) is 10.2 Å². The van der Waals surface area contributed by atoms with Gasteiger partial charge in [0.15, 0.2) is 10.2 Å². The Balaban J connectivity index is 2.26. The quantitative estimate of drug-likeness (QED) is 0.486. The molecule has 6 nitrogen and oxygen atoms in total. The fraction of sp³-hybridized carbons (Fsp3) is 0.143. The Morgan fingerprint density at radius 2 is 2.31 bits per heavy atom. The summed E-state index contributed by atoms with van der Waals surface area (Å²) in [5.74, 6) is 5.43.